The van der Waals surface area contributed by atoms with Crippen LogP contribution in [-0.2, 0) is 6.54 Å². The highest BCUT2D eigenvalue weighted by molar-refractivity contribution is 5.33. The first kappa shape index (κ1) is 13.5. The van der Waals surface area contributed by atoms with Gasteiger partial charge in [0.25, 0.3) is 0 Å². The second-order valence-corrected chi connectivity index (χ2v) is 4.68. The van der Waals surface area contributed by atoms with Gasteiger partial charge in [-0.1, -0.05) is 0 Å². The minimum atomic E-state index is -0.306. The van der Waals surface area contributed by atoms with E-state index in [1.807, 2.05) is 27.0 Å². The average Bonchev–Trinajstić information content (AvgIpc) is 2.77. The van der Waals surface area contributed by atoms with Gasteiger partial charge in [-0.05, 0) is 38.6 Å². The van der Waals surface area contributed by atoms with Crippen LogP contribution < -0.4 is 10.1 Å². The molecule has 102 valence electrons. The lowest BCUT2D eigenvalue weighted by atomic mass is 10.2. The first-order chi connectivity index (χ1) is 9.08. The van der Waals surface area contributed by atoms with Crippen molar-refractivity contribution in [3.63, 3.8) is 0 Å². The third-order valence-corrected chi connectivity index (χ3v) is 2.65. The predicted molar refractivity (Wildman–Crippen MR) is 71.8 cm³/mol. The normalized spacial score (nSPS) is 11.0. The number of hydrogen-bond acceptors (Lipinski definition) is 3. The van der Waals surface area contributed by atoms with Gasteiger partial charge in [0, 0.05) is 18.7 Å². The van der Waals surface area contributed by atoms with E-state index < -0.39 is 0 Å². The number of rotatable bonds is 5. The van der Waals surface area contributed by atoms with Crippen molar-refractivity contribution >= 4 is 0 Å². The minimum absolute atomic E-state index is 0.268. The molecule has 0 bridgehead atoms. The summed E-state index contributed by atoms with van der Waals surface area (Å²) in [7, 11) is 1.82. The summed E-state index contributed by atoms with van der Waals surface area (Å²) < 4.78 is 20.9. The Bertz CT molecular complexity index is 551. The van der Waals surface area contributed by atoms with Gasteiger partial charge in [-0.3, -0.25) is 4.68 Å². The summed E-state index contributed by atoms with van der Waals surface area (Å²) in [5.74, 6) is 0.780. The van der Waals surface area contributed by atoms with Crippen LogP contribution in [0.3, 0.4) is 0 Å². The first-order valence-electron chi connectivity index (χ1n) is 6.24. The molecule has 0 aliphatic carbocycles. The molecule has 0 unspecified atom stereocenters. The molecule has 1 heterocycles. The monoisotopic (exact) mass is 263 g/mol. The van der Waals surface area contributed by atoms with Crippen molar-refractivity contribution in [1.29, 1.82) is 0 Å². The molecular formula is C14H18FN3O. The number of nitrogens with one attached hydrogen (secondary N) is 1. The number of aromatic nitrogens is 2. The van der Waals surface area contributed by atoms with Gasteiger partial charge in [0.15, 0.2) is 5.75 Å². The molecule has 1 aromatic heterocycles. The topological polar surface area (TPSA) is 39.1 Å². The van der Waals surface area contributed by atoms with E-state index >= 15 is 0 Å². The van der Waals surface area contributed by atoms with Crippen LogP contribution in [0.5, 0.6) is 11.5 Å². The molecule has 2 rings (SSSR count). The molecule has 0 spiro atoms. The SMILES string of the molecule is CNCc1cc(F)cc(Oc2cnn(C(C)C)c2)c1. The fourth-order valence-electron chi connectivity index (χ4n) is 1.78. The maximum absolute atomic E-state index is 13.5. The first-order valence-corrected chi connectivity index (χ1v) is 6.24. The number of ether oxygens (including phenoxy) is 1. The largest absolute Gasteiger partial charge is 0.454 e. The summed E-state index contributed by atoms with van der Waals surface area (Å²) in [5.41, 5.74) is 0.841. The van der Waals surface area contributed by atoms with Crippen LogP contribution in [-0.4, -0.2) is 16.8 Å². The lowest BCUT2D eigenvalue weighted by Gasteiger charge is -2.07. The summed E-state index contributed by atoms with van der Waals surface area (Å²) in [6.07, 6.45) is 3.43. The van der Waals surface area contributed by atoms with Crippen molar-refractivity contribution < 1.29 is 9.13 Å². The maximum Gasteiger partial charge on any atom is 0.165 e. The number of nitrogens with zero attached hydrogens (tertiary/aromatic N) is 2. The van der Waals surface area contributed by atoms with Gasteiger partial charge in [0.2, 0.25) is 0 Å². The summed E-state index contributed by atoms with van der Waals surface area (Å²) in [5, 5.41) is 7.16. The van der Waals surface area contributed by atoms with Crippen LogP contribution in [0.1, 0.15) is 25.5 Å². The zero-order valence-electron chi connectivity index (χ0n) is 11.4. The Morgan fingerprint density at radius 2 is 2.11 bits per heavy atom. The zero-order chi connectivity index (χ0) is 13.8. The molecule has 0 saturated heterocycles. The van der Waals surface area contributed by atoms with Crippen molar-refractivity contribution in [3.8, 4) is 11.5 Å². The molecule has 1 aromatic carbocycles. The van der Waals surface area contributed by atoms with Crippen LogP contribution >= 0.6 is 0 Å². The fourth-order valence-corrected chi connectivity index (χ4v) is 1.78. The second-order valence-electron chi connectivity index (χ2n) is 4.68. The van der Waals surface area contributed by atoms with Gasteiger partial charge < -0.3 is 10.1 Å². The Morgan fingerprint density at radius 3 is 2.74 bits per heavy atom. The lowest BCUT2D eigenvalue weighted by molar-refractivity contribution is 0.470. The highest BCUT2D eigenvalue weighted by Crippen LogP contribution is 2.24. The van der Waals surface area contributed by atoms with Crippen LogP contribution in [0.4, 0.5) is 4.39 Å². The van der Waals surface area contributed by atoms with Gasteiger partial charge in [-0.15, -0.1) is 0 Å². The number of hydrogen-bond donors (Lipinski definition) is 1. The third kappa shape index (κ3) is 3.54. The van der Waals surface area contributed by atoms with Gasteiger partial charge in [-0.25, -0.2) is 4.39 Å². The molecule has 0 radical (unpaired) electrons. The van der Waals surface area contributed by atoms with Gasteiger partial charge >= 0.3 is 0 Å². The molecule has 0 atom stereocenters. The Labute approximate surface area is 112 Å². The standard InChI is InChI=1S/C14H18FN3O/c1-10(2)18-9-14(8-17-18)19-13-5-11(7-16-3)4-12(15)6-13/h4-6,8-10,16H,7H2,1-3H3. The Hall–Kier alpha value is -1.88. The number of halogens is 1. The van der Waals surface area contributed by atoms with E-state index in [1.54, 1.807) is 17.1 Å². The summed E-state index contributed by atoms with van der Waals surface area (Å²) in [6, 6.07) is 4.93. The van der Waals surface area contributed by atoms with Crippen molar-refractivity contribution in [2.75, 3.05) is 7.05 Å². The van der Waals surface area contributed by atoms with Gasteiger partial charge in [0.1, 0.15) is 11.6 Å². The van der Waals surface area contributed by atoms with Gasteiger partial charge in [0.05, 0.1) is 12.4 Å². The predicted octanol–water partition coefficient (Wildman–Crippen LogP) is 3.11. The number of benzene rings is 1. The molecule has 0 fully saturated rings. The van der Waals surface area contributed by atoms with E-state index in [4.69, 9.17) is 4.74 Å². The molecule has 0 aliphatic heterocycles. The van der Waals surface area contributed by atoms with Crippen molar-refractivity contribution in [2.24, 2.45) is 0 Å². The Balaban J connectivity index is 2.17. The van der Waals surface area contributed by atoms with E-state index in [1.165, 1.54) is 12.1 Å². The molecule has 0 amide bonds. The highest BCUT2D eigenvalue weighted by Gasteiger charge is 2.06. The van der Waals surface area contributed by atoms with E-state index in [0.717, 1.165) is 5.56 Å². The molecular weight excluding hydrogens is 245 g/mol. The van der Waals surface area contributed by atoms with Crippen molar-refractivity contribution in [1.82, 2.24) is 15.1 Å². The molecule has 1 N–H and O–H groups in total. The molecule has 2 aromatic rings. The molecule has 0 aliphatic rings. The van der Waals surface area contributed by atoms with Crippen LogP contribution in [0, 0.1) is 5.82 Å². The summed E-state index contributed by atoms with van der Waals surface area (Å²) in [6.45, 7) is 4.66. The smallest absolute Gasteiger partial charge is 0.165 e. The molecule has 4 nitrogen and oxygen atoms in total. The Morgan fingerprint density at radius 1 is 1.32 bits per heavy atom. The molecule has 0 saturated carbocycles. The second kappa shape index (κ2) is 5.84. The highest BCUT2D eigenvalue weighted by atomic mass is 19.1. The van der Waals surface area contributed by atoms with Crippen LogP contribution in [0.25, 0.3) is 0 Å². The third-order valence-electron chi connectivity index (χ3n) is 2.65. The Kier molecular flexibility index (Phi) is 4.16. The van der Waals surface area contributed by atoms with E-state index in [9.17, 15) is 4.39 Å². The van der Waals surface area contributed by atoms with Crippen molar-refractivity contribution in [2.45, 2.75) is 26.4 Å². The summed E-state index contributed by atoms with van der Waals surface area (Å²) in [4.78, 5) is 0. The van der Waals surface area contributed by atoms with E-state index in [-0.39, 0.29) is 11.9 Å². The minimum Gasteiger partial charge on any atom is -0.454 e. The van der Waals surface area contributed by atoms with E-state index in [2.05, 4.69) is 10.4 Å². The van der Waals surface area contributed by atoms with Crippen LogP contribution in [0.15, 0.2) is 30.6 Å². The van der Waals surface area contributed by atoms with E-state index in [0.29, 0.717) is 18.0 Å². The molecule has 19 heavy (non-hydrogen) atoms. The maximum atomic E-state index is 13.5. The quantitative estimate of drug-likeness (QED) is 0.900. The van der Waals surface area contributed by atoms with Crippen LogP contribution in [0.2, 0.25) is 0 Å². The summed E-state index contributed by atoms with van der Waals surface area (Å²) >= 11 is 0. The fraction of sp³-hybridized carbons (Fsp3) is 0.357. The van der Waals surface area contributed by atoms with Gasteiger partial charge in [-0.2, -0.15) is 5.10 Å². The average molecular weight is 263 g/mol. The lowest BCUT2D eigenvalue weighted by Crippen LogP contribution is -2.05. The zero-order valence-corrected chi connectivity index (χ0v) is 11.4. The van der Waals surface area contributed by atoms with Crippen molar-refractivity contribution in [3.05, 3.63) is 42.0 Å². The molecule has 5 heteroatoms.